The van der Waals surface area contributed by atoms with Crippen LogP contribution < -0.4 is 5.32 Å². The molecule has 1 saturated carbocycles. The molecule has 1 aromatic carbocycles. The second-order valence-electron chi connectivity index (χ2n) is 6.24. The number of amides is 2. The van der Waals surface area contributed by atoms with E-state index in [-0.39, 0.29) is 24.3 Å². The van der Waals surface area contributed by atoms with Crippen LogP contribution in [0.15, 0.2) is 24.3 Å². The summed E-state index contributed by atoms with van der Waals surface area (Å²) in [4.78, 5) is 14.3. The summed E-state index contributed by atoms with van der Waals surface area (Å²) >= 11 is 0. The third kappa shape index (κ3) is 2.71. The van der Waals surface area contributed by atoms with Crippen LogP contribution in [0.1, 0.15) is 36.4 Å². The largest absolute Gasteiger partial charge is 0.394 e. The Labute approximate surface area is 131 Å². The Balaban J connectivity index is 1.67. The average molecular weight is 304 g/mol. The van der Waals surface area contributed by atoms with E-state index in [4.69, 9.17) is 4.74 Å². The maximum atomic E-state index is 12.5. The minimum absolute atomic E-state index is 0.0557. The molecule has 1 aromatic rings. The second kappa shape index (κ2) is 6.26. The summed E-state index contributed by atoms with van der Waals surface area (Å²) in [6, 6.07) is 7.65. The Morgan fingerprint density at radius 2 is 2.23 bits per heavy atom. The summed E-state index contributed by atoms with van der Waals surface area (Å²) in [5.41, 5.74) is 2.09. The van der Waals surface area contributed by atoms with Crippen molar-refractivity contribution in [2.75, 3.05) is 26.8 Å². The van der Waals surface area contributed by atoms with Crippen molar-refractivity contribution < 1.29 is 14.6 Å². The van der Waals surface area contributed by atoms with Crippen molar-refractivity contribution in [2.24, 2.45) is 0 Å². The van der Waals surface area contributed by atoms with E-state index in [0.29, 0.717) is 13.1 Å². The molecule has 1 unspecified atom stereocenters. The summed E-state index contributed by atoms with van der Waals surface area (Å²) in [5.74, 6) is 0. The number of nitrogens with one attached hydrogen (secondary N) is 1. The van der Waals surface area contributed by atoms with Gasteiger partial charge >= 0.3 is 6.03 Å². The Bertz CT molecular complexity index is 537. The van der Waals surface area contributed by atoms with Gasteiger partial charge in [-0.2, -0.15) is 0 Å². The molecule has 3 rings (SSSR count). The smallest absolute Gasteiger partial charge is 0.318 e. The number of fused-ring (bicyclic) bond motifs is 1. The monoisotopic (exact) mass is 304 g/mol. The molecule has 1 atom stereocenters. The second-order valence-corrected chi connectivity index (χ2v) is 6.24. The molecule has 1 aliphatic carbocycles. The zero-order valence-corrected chi connectivity index (χ0v) is 13.0. The van der Waals surface area contributed by atoms with E-state index in [0.717, 1.165) is 31.2 Å². The molecule has 0 spiro atoms. The fourth-order valence-corrected chi connectivity index (χ4v) is 3.45. The molecule has 2 N–H and O–H groups in total. The van der Waals surface area contributed by atoms with E-state index < -0.39 is 0 Å². The number of aliphatic hydroxyl groups is 1. The lowest BCUT2D eigenvalue weighted by molar-refractivity contribution is -0.0681. The van der Waals surface area contributed by atoms with Gasteiger partial charge in [-0.25, -0.2) is 4.79 Å². The summed E-state index contributed by atoms with van der Waals surface area (Å²) < 4.78 is 5.54. The van der Waals surface area contributed by atoms with Crippen molar-refractivity contribution in [1.82, 2.24) is 10.2 Å². The first-order chi connectivity index (χ1) is 10.7. The molecule has 5 heteroatoms. The fourth-order valence-electron chi connectivity index (χ4n) is 3.45. The van der Waals surface area contributed by atoms with Crippen molar-refractivity contribution in [1.29, 1.82) is 0 Å². The molecule has 5 nitrogen and oxygen atoms in total. The van der Waals surface area contributed by atoms with Crippen molar-refractivity contribution in [3.05, 3.63) is 35.4 Å². The number of rotatable bonds is 4. The number of aliphatic hydroxyl groups excluding tert-OH is 1. The number of methoxy groups -OCH3 is 1. The third-order valence-electron chi connectivity index (χ3n) is 5.11. The van der Waals surface area contributed by atoms with Crippen molar-refractivity contribution in [3.8, 4) is 0 Å². The van der Waals surface area contributed by atoms with E-state index >= 15 is 0 Å². The highest BCUT2D eigenvalue weighted by atomic mass is 16.5. The van der Waals surface area contributed by atoms with Crippen LogP contribution in [0.2, 0.25) is 0 Å². The van der Waals surface area contributed by atoms with E-state index in [9.17, 15) is 9.90 Å². The van der Waals surface area contributed by atoms with Crippen LogP contribution in [-0.2, 0) is 11.2 Å². The highest BCUT2D eigenvalue weighted by Crippen LogP contribution is 2.34. The Morgan fingerprint density at radius 1 is 1.45 bits per heavy atom. The van der Waals surface area contributed by atoms with Gasteiger partial charge in [0.1, 0.15) is 0 Å². The zero-order chi connectivity index (χ0) is 15.6. The highest BCUT2D eigenvalue weighted by molar-refractivity contribution is 5.75. The molecule has 2 aliphatic rings. The molecule has 0 radical (unpaired) electrons. The SMILES string of the molecule is COC1(CNC(=O)N2CCc3ccccc3C2CO)CCC1. The molecule has 1 fully saturated rings. The van der Waals surface area contributed by atoms with Crippen LogP contribution in [0.3, 0.4) is 0 Å². The van der Waals surface area contributed by atoms with Gasteiger partial charge < -0.3 is 20.1 Å². The Hall–Kier alpha value is -1.59. The molecule has 0 saturated heterocycles. The van der Waals surface area contributed by atoms with Crippen LogP contribution in [0.4, 0.5) is 4.79 Å². The number of hydrogen-bond donors (Lipinski definition) is 2. The lowest BCUT2D eigenvalue weighted by Gasteiger charge is -2.42. The van der Waals surface area contributed by atoms with Crippen molar-refractivity contribution >= 4 is 6.03 Å². The third-order valence-corrected chi connectivity index (χ3v) is 5.11. The van der Waals surface area contributed by atoms with Gasteiger partial charge in [0.15, 0.2) is 0 Å². The van der Waals surface area contributed by atoms with Crippen LogP contribution in [0, 0.1) is 0 Å². The average Bonchev–Trinajstić information content (AvgIpc) is 2.52. The predicted molar refractivity (Wildman–Crippen MR) is 83.7 cm³/mol. The summed E-state index contributed by atoms with van der Waals surface area (Å²) in [6.07, 6.45) is 3.97. The standard InChI is InChI=1S/C17H24N2O3/c1-22-17(8-4-9-17)12-18-16(21)19-10-7-13-5-2-3-6-14(13)15(19)11-20/h2-3,5-6,15,20H,4,7-12H2,1H3,(H,18,21). The lowest BCUT2D eigenvalue weighted by Crippen LogP contribution is -2.53. The lowest BCUT2D eigenvalue weighted by atomic mass is 9.80. The number of benzene rings is 1. The van der Waals surface area contributed by atoms with Gasteiger partial charge in [0.2, 0.25) is 0 Å². The maximum absolute atomic E-state index is 12.5. The van der Waals surface area contributed by atoms with E-state index in [1.807, 2.05) is 18.2 Å². The van der Waals surface area contributed by atoms with Gasteiger partial charge in [-0.05, 0) is 36.8 Å². The first-order valence-electron chi connectivity index (χ1n) is 7.97. The first kappa shape index (κ1) is 15.3. The molecule has 120 valence electrons. The van der Waals surface area contributed by atoms with E-state index in [2.05, 4.69) is 11.4 Å². The molecular formula is C17H24N2O3. The molecule has 0 aromatic heterocycles. The van der Waals surface area contributed by atoms with Gasteiger partial charge in [-0.15, -0.1) is 0 Å². The summed E-state index contributed by atoms with van der Waals surface area (Å²) in [5, 5.41) is 12.7. The van der Waals surface area contributed by atoms with Crippen molar-refractivity contribution in [2.45, 2.75) is 37.3 Å². The van der Waals surface area contributed by atoms with Gasteiger partial charge in [0.05, 0.1) is 18.2 Å². The molecular weight excluding hydrogens is 280 g/mol. The Morgan fingerprint density at radius 3 is 2.86 bits per heavy atom. The first-order valence-corrected chi connectivity index (χ1v) is 7.97. The van der Waals surface area contributed by atoms with E-state index in [1.165, 1.54) is 5.56 Å². The maximum Gasteiger partial charge on any atom is 0.318 e. The number of nitrogens with zero attached hydrogens (tertiary/aromatic N) is 1. The number of hydrogen-bond acceptors (Lipinski definition) is 3. The van der Waals surface area contributed by atoms with Crippen LogP contribution in [0.5, 0.6) is 0 Å². The van der Waals surface area contributed by atoms with Gasteiger partial charge in [-0.1, -0.05) is 24.3 Å². The van der Waals surface area contributed by atoms with Crippen LogP contribution in [-0.4, -0.2) is 48.4 Å². The zero-order valence-electron chi connectivity index (χ0n) is 13.0. The summed E-state index contributed by atoms with van der Waals surface area (Å²) in [7, 11) is 1.71. The summed E-state index contributed by atoms with van der Waals surface area (Å²) in [6.45, 7) is 1.12. The topological polar surface area (TPSA) is 61.8 Å². The molecule has 22 heavy (non-hydrogen) atoms. The molecule has 1 heterocycles. The Kier molecular flexibility index (Phi) is 4.36. The van der Waals surface area contributed by atoms with Gasteiger partial charge in [0.25, 0.3) is 0 Å². The minimum atomic E-state index is -0.259. The minimum Gasteiger partial charge on any atom is -0.394 e. The normalized spacial score (nSPS) is 22.6. The van der Waals surface area contributed by atoms with Gasteiger partial charge in [-0.3, -0.25) is 0 Å². The van der Waals surface area contributed by atoms with Crippen LogP contribution >= 0.6 is 0 Å². The number of carbonyl (C=O) groups excluding carboxylic acids is 1. The van der Waals surface area contributed by atoms with Gasteiger partial charge in [0, 0.05) is 20.2 Å². The molecule has 1 aliphatic heterocycles. The fraction of sp³-hybridized carbons (Fsp3) is 0.588. The quantitative estimate of drug-likeness (QED) is 0.892. The van der Waals surface area contributed by atoms with Crippen molar-refractivity contribution in [3.63, 3.8) is 0 Å². The predicted octanol–water partition coefficient (Wildman–Crippen LogP) is 1.86. The highest BCUT2D eigenvalue weighted by Gasteiger charge is 2.38. The molecule has 0 bridgehead atoms. The number of ether oxygens (including phenoxy) is 1. The van der Waals surface area contributed by atoms with Crippen LogP contribution in [0.25, 0.3) is 0 Å². The number of carbonyl (C=O) groups is 1. The molecule has 2 amide bonds. The van der Waals surface area contributed by atoms with E-state index in [1.54, 1.807) is 12.0 Å². The number of urea groups is 1.